The molecule has 32 heavy (non-hydrogen) atoms. The normalized spacial score (nSPS) is 25.0. The summed E-state index contributed by atoms with van der Waals surface area (Å²) in [5.74, 6) is -0.955. The van der Waals surface area contributed by atoms with Crippen LogP contribution in [0.15, 0.2) is 54.6 Å². The van der Waals surface area contributed by atoms with Crippen LogP contribution in [0, 0.1) is 5.41 Å². The van der Waals surface area contributed by atoms with E-state index < -0.39 is 29.3 Å². The van der Waals surface area contributed by atoms with E-state index in [1.54, 1.807) is 0 Å². The van der Waals surface area contributed by atoms with Gasteiger partial charge in [-0.05, 0) is 30.2 Å². The van der Waals surface area contributed by atoms with Gasteiger partial charge < -0.3 is 14.5 Å². The van der Waals surface area contributed by atoms with E-state index in [2.05, 4.69) is 15.1 Å². The second kappa shape index (κ2) is 7.94. The molecule has 1 N–H and O–H groups in total. The molecular weight excluding hydrogens is 408 g/mol. The van der Waals surface area contributed by atoms with E-state index in [-0.39, 0.29) is 19.6 Å². The molecule has 0 unspecified atom stereocenters. The van der Waals surface area contributed by atoms with Gasteiger partial charge in [0.1, 0.15) is 0 Å². The fourth-order valence-electron chi connectivity index (χ4n) is 5.27. The molecule has 2 atom stereocenters. The fraction of sp³-hybridized carbons (Fsp3) is 0.375. The molecule has 0 radical (unpaired) electrons. The van der Waals surface area contributed by atoms with Crippen LogP contribution in [0.1, 0.15) is 5.56 Å². The minimum Gasteiger partial charge on any atom is -0.383 e. The van der Waals surface area contributed by atoms with Crippen molar-refractivity contribution in [2.75, 3.05) is 49.7 Å². The van der Waals surface area contributed by atoms with Crippen molar-refractivity contribution in [1.29, 1.82) is 0 Å². The largest absolute Gasteiger partial charge is 0.383 e. The SMILES string of the molecule is COCCN1C(=O)NC(=O)[C@]2(Cc3ccccc3N3CCN(c4ccccc4)C[C@H]32)C1=O. The summed E-state index contributed by atoms with van der Waals surface area (Å²) in [6, 6.07) is 16.8. The standard InChI is InChI=1S/C24H26N4O4/c1-32-14-13-28-22(30)24(21(29)25-23(28)31)15-17-7-5-6-10-19(17)27-12-11-26(16-20(24)27)18-8-3-2-4-9-18/h2-10,20H,11-16H2,1H3,(H,25,29,31)/t20-,24+/m0/s1. The Morgan fingerprint density at radius 2 is 1.78 bits per heavy atom. The van der Waals surface area contributed by atoms with E-state index in [9.17, 15) is 14.4 Å². The van der Waals surface area contributed by atoms with Gasteiger partial charge in [-0.15, -0.1) is 0 Å². The summed E-state index contributed by atoms with van der Waals surface area (Å²) in [6.07, 6.45) is 0.258. The van der Waals surface area contributed by atoms with Crippen molar-refractivity contribution in [3.63, 3.8) is 0 Å². The molecule has 166 valence electrons. The van der Waals surface area contributed by atoms with Crippen molar-refractivity contribution in [1.82, 2.24) is 10.2 Å². The molecule has 0 bridgehead atoms. The third kappa shape index (κ3) is 3.05. The number of hydrogen-bond acceptors (Lipinski definition) is 6. The van der Waals surface area contributed by atoms with Gasteiger partial charge in [0.15, 0.2) is 5.41 Å². The monoisotopic (exact) mass is 434 g/mol. The summed E-state index contributed by atoms with van der Waals surface area (Å²) in [5, 5.41) is 2.47. The number of urea groups is 1. The molecule has 0 saturated carbocycles. The minimum atomic E-state index is -1.39. The van der Waals surface area contributed by atoms with Crippen LogP contribution in [0.3, 0.4) is 0 Å². The van der Waals surface area contributed by atoms with Crippen LogP contribution in [-0.2, 0) is 20.7 Å². The van der Waals surface area contributed by atoms with Crippen LogP contribution in [-0.4, -0.2) is 68.7 Å². The van der Waals surface area contributed by atoms with Crippen LogP contribution in [0.5, 0.6) is 0 Å². The highest BCUT2D eigenvalue weighted by Gasteiger charge is 2.62. The molecule has 2 aromatic rings. The van der Waals surface area contributed by atoms with Crippen LogP contribution < -0.4 is 15.1 Å². The molecule has 2 fully saturated rings. The molecule has 0 aliphatic carbocycles. The number of imide groups is 2. The summed E-state index contributed by atoms with van der Waals surface area (Å²) in [5.41, 5.74) is 1.67. The van der Waals surface area contributed by atoms with Crippen molar-refractivity contribution in [2.24, 2.45) is 5.41 Å². The Hall–Kier alpha value is -3.39. The highest BCUT2D eigenvalue weighted by molar-refractivity contribution is 6.20. The lowest BCUT2D eigenvalue weighted by atomic mass is 9.67. The number of piperazine rings is 1. The molecule has 8 heteroatoms. The summed E-state index contributed by atoms with van der Waals surface area (Å²) in [4.78, 5) is 45.4. The van der Waals surface area contributed by atoms with Crippen molar-refractivity contribution in [3.05, 3.63) is 60.2 Å². The first-order valence-electron chi connectivity index (χ1n) is 10.9. The molecule has 4 amide bonds. The number of nitrogens with zero attached hydrogens (tertiary/aromatic N) is 3. The predicted octanol–water partition coefficient (Wildman–Crippen LogP) is 1.65. The first-order chi connectivity index (χ1) is 15.6. The third-order valence-electron chi connectivity index (χ3n) is 6.86. The molecular formula is C24H26N4O4. The average Bonchev–Trinajstić information content (AvgIpc) is 2.83. The number of rotatable bonds is 4. The number of methoxy groups -OCH3 is 1. The van der Waals surface area contributed by atoms with Gasteiger partial charge in [-0.1, -0.05) is 36.4 Å². The van der Waals surface area contributed by atoms with Gasteiger partial charge in [0.05, 0.1) is 19.2 Å². The number of benzene rings is 2. The van der Waals surface area contributed by atoms with Crippen molar-refractivity contribution >= 4 is 29.2 Å². The van der Waals surface area contributed by atoms with Crippen LogP contribution in [0.25, 0.3) is 0 Å². The summed E-state index contributed by atoms with van der Waals surface area (Å²) in [6.45, 7) is 2.26. The fourth-order valence-corrected chi connectivity index (χ4v) is 5.27. The Morgan fingerprint density at radius 3 is 2.56 bits per heavy atom. The zero-order chi connectivity index (χ0) is 22.3. The number of nitrogens with one attached hydrogen (secondary N) is 1. The lowest BCUT2D eigenvalue weighted by molar-refractivity contribution is -0.154. The topological polar surface area (TPSA) is 82.2 Å². The van der Waals surface area contributed by atoms with Crippen molar-refractivity contribution in [3.8, 4) is 0 Å². The van der Waals surface area contributed by atoms with Gasteiger partial charge in [0, 0.05) is 38.1 Å². The van der Waals surface area contributed by atoms with E-state index in [0.29, 0.717) is 13.1 Å². The van der Waals surface area contributed by atoms with Gasteiger partial charge in [-0.3, -0.25) is 19.8 Å². The van der Waals surface area contributed by atoms with E-state index in [0.717, 1.165) is 28.4 Å². The van der Waals surface area contributed by atoms with E-state index in [1.807, 2.05) is 54.6 Å². The first kappa shape index (κ1) is 20.5. The van der Waals surface area contributed by atoms with Gasteiger partial charge >= 0.3 is 6.03 Å². The van der Waals surface area contributed by atoms with Crippen molar-refractivity contribution in [2.45, 2.75) is 12.5 Å². The number of anilines is 2. The van der Waals surface area contributed by atoms with E-state index in [4.69, 9.17) is 4.74 Å². The molecule has 2 saturated heterocycles. The van der Waals surface area contributed by atoms with E-state index >= 15 is 0 Å². The lowest BCUT2D eigenvalue weighted by Gasteiger charge is -2.55. The number of carbonyl (C=O) groups excluding carboxylic acids is 3. The molecule has 3 heterocycles. The maximum absolute atomic E-state index is 13.9. The predicted molar refractivity (Wildman–Crippen MR) is 119 cm³/mol. The molecule has 3 aliphatic heterocycles. The molecule has 3 aliphatic rings. The van der Waals surface area contributed by atoms with Gasteiger partial charge in [-0.2, -0.15) is 0 Å². The number of hydrogen-bond donors (Lipinski definition) is 1. The maximum atomic E-state index is 13.9. The second-order valence-electron chi connectivity index (χ2n) is 8.48. The summed E-state index contributed by atoms with van der Waals surface area (Å²) in [7, 11) is 1.52. The smallest absolute Gasteiger partial charge is 0.330 e. The van der Waals surface area contributed by atoms with Crippen LogP contribution >= 0.6 is 0 Å². The number of barbiturate groups is 1. The van der Waals surface area contributed by atoms with Crippen LogP contribution in [0.4, 0.5) is 16.2 Å². The molecule has 2 aromatic carbocycles. The Kier molecular flexibility index (Phi) is 5.09. The molecule has 0 aromatic heterocycles. The molecule has 5 rings (SSSR count). The lowest BCUT2D eigenvalue weighted by Crippen LogP contribution is -2.75. The number of ether oxygens (including phenoxy) is 1. The van der Waals surface area contributed by atoms with Gasteiger partial charge in [-0.25, -0.2) is 4.79 Å². The Morgan fingerprint density at radius 1 is 1.03 bits per heavy atom. The molecule has 8 nitrogen and oxygen atoms in total. The van der Waals surface area contributed by atoms with Gasteiger partial charge in [0.2, 0.25) is 11.8 Å². The third-order valence-corrected chi connectivity index (χ3v) is 6.86. The number of fused-ring (bicyclic) bond motifs is 4. The average molecular weight is 434 g/mol. The minimum absolute atomic E-state index is 0.104. The zero-order valence-electron chi connectivity index (χ0n) is 18.0. The maximum Gasteiger partial charge on any atom is 0.330 e. The number of carbonyl (C=O) groups is 3. The second-order valence-corrected chi connectivity index (χ2v) is 8.48. The Labute approximate surface area is 186 Å². The number of amides is 4. The number of para-hydroxylation sites is 2. The summed E-state index contributed by atoms with van der Waals surface area (Å²) < 4.78 is 5.10. The Balaban J connectivity index is 1.60. The molecule has 1 spiro atoms. The van der Waals surface area contributed by atoms with E-state index in [1.165, 1.54) is 7.11 Å². The Bertz CT molecular complexity index is 1060. The highest BCUT2D eigenvalue weighted by atomic mass is 16.5. The zero-order valence-corrected chi connectivity index (χ0v) is 18.0. The van der Waals surface area contributed by atoms with Gasteiger partial charge in [0.25, 0.3) is 0 Å². The summed E-state index contributed by atoms with van der Waals surface area (Å²) >= 11 is 0. The quantitative estimate of drug-likeness (QED) is 0.737. The van der Waals surface area contributed by atoms with Crippen LogP contribution in [0.2, 0.25) is 0 Å². The van der Waals surface area contributed by atoms with Crippen molar-refractivity contribution < 1.29 is 19.1 Å². The highest BCUT2D eigenvalue weighted by Crippen LogP contribution is 2.46. The first-order valence-corrected chi connectivity index (χ1v) is 10.9.